The van der Waals surface area contributed by atoms with Gasteiger partial charge in [0.1, 0.15) is 6.54 Å². The van der Waals surface area contributed by atoms with Crippen LogP contribution in [0.5, 0.6) is 0 Å². The van der Waals surface area contributed by atoms with Gasteiger partial charge in [-0.25, -0.2) is 4.90 Å². The number of rotatable bonds is 4. The molecule has 3 amide bonds. The third-order valence-corrected chi connectivity index (χ3v) is 5.92. The first-order chi connectivity index (χ1) is 15.1. The smallest absolute Gasteiger partial charge is 0.263 e. The standard InChI is InChI=1S/C22H22N6O3/c29-18(26-13-11-25(12-14-26)16-7-3-1-4-8-16)15-27-20-19(23-24-27)21(30)28(22(20)31)17-9-5-2-6-10-17/h1-10,19-20H,11-15H2/t19-,20+/m0/s1. The van der Waals surface area contributed by atoms with E-state index in [0.29, 0.717) is 18.8 Å². The quantitative estimate of drug-likeness (QED) is 0.699. The molecule has 0 radical (unpaired) electrons. The molecule has 2 aromatic carbocycles. The van der Waals surface area contributed by atoms with Gasteiger partial charge in [0.25, 0.3) is 11.8 Å². The van der Waals surface area contributed by atoms with Crippen LogP contribution in [-0.2, 0) is 14.4 Å². The third kappa shape index (κ3) is 3.41. The Morgan fingerprint density at radius 1 is 0.839 bits per heavy atom. The highest BCUT2D eigenvalue weighted by atomic mass is 16.2. The van der Waals surface area contributed by atoms with Crippen LogP contribution in [0.25, 0.3) is 0 Å². The number of piperazine rings is 1. The molecule has 3 heterocycles. The van der Waals surface area contributed by atoms with Crippen molar-refractivity contribution in [2.75, 3.05) is 42.5 Å². The molecule has 9 nitrogen and oxygen atoms in total. The maximum absolute atomic E-state index is 13.0. The van der Waals surface area contributed by atoms with E-state index in [-0.39, 0.29) is 12.5 Å². The molecule has 0 bridgehead atoms. The number of benzene rings is 2. The van der Waals surface area contributed by atoms with Crippen LogP contribution in [0.15, 0.2) is 71.0 Å². The minimum absolute atomic E-state index is 0.0718. The zero-order chi connectivity index (χ0) is 21.4. The Morgan fingerprint density at radius 3 is 2.10 bits per heavy atom. The second-order valence-electron chi connectivity index (χ2n) is 7.74. The second kappa shape index (κ2) is 7.82. The molecule has 31 heavy (non-hydrogen) atoms. The van der Waals surface area contributed by atoms with Crippen molar-refractivity contribution in [2.24, 2.45) is 10.3 Å². The molecule has 2 saturated heterocycles. The van der Waals surface area contributed by atoms with Gasteiger partial charge in [0.05, 0.1) is 5.69 Å². The summed E-state index contributed by atoms with van der Waals surface area (Å²) in [6.45, 7) is 2.59. The van der Waals surface area contributed by atoms with Gasteiger partial charge in [0, 0.05) is 31.9 Å². The van der Waals surface area contributed by atoms with Crippen molar-refractivity contribution in [3.8, 4) is 0 Å². The molecule has 3 aliphatic rings. The van der Waals surface area contributed by atoms with Crippen LogP contribution in [0.2, 0.25) is 0 Å². The van der Waals surface area contributed by atoms with Gasteiger partial charge < -0.3 is 9.80 Å². The van der Waals surface area contributed by atoms with E-state index in [1.54, 1.807) is 29.2 Å². The average molecular weight is 418 g/mol. The molecule has 3 aliphatic heterocycles. The monoisotopic (exact) mass is 418 g/mol. The summed E-state index contributed by atoms with van der Waals surface area (Å²) in [6, 6.07) is 17.1. The SMILES string of the molecule is O=C(CN1N=N[C@@H]2C(=O)N(c3ccccc3)C(=O)[C@@H]21)N1CCN(c2ccccc2)CC1. The van der Waals surface area contributed by atoms with Crippen LogP contribution in [0.4, 0.5) is 11.4 Å². The lowest BCUT2D eigenvalue weighted by molar-refractivity contribution is -0.134. The molecule has 0 spiro atoms. The predicted octanol–water partition coefficient (Wildman–Crippen LogP) is 1.33. The highest BCUT2D eigenvalue weighted by Crippen LogP contribution is 2.31. The van der Waals surface area contributed by atoms with Gasteiger partial charge in [0.15, 0.2) is 12.1 Å². The first-order valence-corrected chi connectivity index (χ1v) is 10.3. The molecular weight excluding hydrogens is 396 g/mol. The van der Waals surface area contributed by atoms with Gasteiger partial charge in [-0.05, 0) is 24.3 Å². The Morgan fingerprint density at radius 2 is 1.45 bits per heavy atom. The highest BCUT2D eigenvalue weighted by Gasteiger charge is 2.55. The summed E-state index contributed by atoms with van der Waals surface area (Å²) in [5.41, 5.74) is 1.65. The number of fused-ring (bicyclic) bond motifs is 1. The van der Waals surface area contributed by atoms with E-state index in [4.69, 9.17) is 0 Å². The highest BCUT2D eigenvalue weighted by molar-refractivity contribution is 6.25. The van der Waals surface area contributed by atoms with E-state index in [2.05, 4.69) is 27.4 Å². The number of amides is 3. The molecule has 0 unspecified atom stereocenters. The number of hydrogen-bond donors (Lipinski definition) is 0. The van der Waals surface area contributed by atoms with Crippen molar-refractivity contribution in [3.05, 3.63) is 60.7 Å². The van der Waals surface area contributed by atoms with Gasteiger partial charge in [-0.15, -0.1) is 0 Å². The molecule has 0 saturated carbocycles. The zero-order valence-electron chi connectivity index (χ0n) is 16.9. The number of anilines is 2. The molecule has 5 rings (SSSR count). The van der Waals surface area contributed by atoms with E-state index in [0.717, 1.165) is 23.7 Å². The van der Waals surface area contributed by atoms with Crippen molar-refractivity contribution in [3.63, 3.8) is 0 Å². The van der Waals surface area contributed by atoms with Crippen LogP contribution in [0.3, 0.4) is 0 Å². The van der Waals surface area contributed by atoms with Crippen LogP contribution >= 0.6 is 0 Å². The second-order valence-corrected chi connectivity index (χ2v) is 7.74. The molecule has 9 heteroatoms. The summed E-state index contributed by atoms with van der Waals surface area (Å²) in [6.07, 6.45) is 0. The van der Waals surface area contributed by atoms with Gasteiger partial charge in [-0.1, -0.05) is 41.6 Å². The third-order valence-electron chi connectivity index (χ3n) is 5.92. The number of hydrogen-bond acceptors (Lipinski definition) is 7. The maximum atomic E-state index is 13.0. The Balaban J connectivity index is 1.22. The van der Waals surface area contributed by atoms with E-state index in [9.17, 15) is 14.4 Å². The fourth-order valence-electron chi connectivity index (χ4n) is 4.28. The van der Waals surface area contributed by atoms with Crippen molar-refractivity contribution < 1.29 is 14.4 Å². The van der Waals surface area contributed by atoms with Crippen LogP contribution in [0, 0.1) is 0 Å². The first-order valence-electron chi connectivity index (χ1n) is 10.3. The maximum Gasteiger partial charge on any atom is 0.263 e. The van der Waals surface area contributed by atoms with Gasteiger partial charge in [0.2, 0.25) is 5.91 Å². The number of imide groups is 1. The van der Waals surface area contributed by atoms with Crippen molar-refractivity contribution in [2.45, 2.75) is 12.1 Å². The number of carbonyl (C=O) groups excluding carboxylic acids is 3. The minimum atomic E-state index is -0.893. The summed E-state index contributed by atoms with van der Waals surface area (Å²) in [7, 11) is 0. The van der Waals surface area contributed by atoms with Gasteiger partial charge >= 0.3 is 0 Å². The zero-order valence-corrected chi connectivity index (χ0v) is 16.9. The van der Waals surface area contributed by atoms with Crippen molar-refractivity contribution in [1.82, 2.24) is 9.91 Å². The van der Waals surface area contributed by atoms with Crippen LogP contribution in [0.1, 0.15) is 0 Å². The predicted molar refractivity (Wildman–Crippen MR) is 113 cm³/mol. The molecule has 2 aromatic rings. The minimum Gasteiger partial charge on any atom is -0.368 e. The average Bonchev–Trinajstić information content (AvgIpc) is 3.34. The Hall–Kier alpha value is -3.75. The normalized spacial score (nSPS) is 23.0. The molecule has 158 valence electrons. The molecule has 2 fully saturated rings. The summed E-state index contributed by atoms with van der Waals surface area (Å²) in [4.78, 5) is 43.7. The summed E-state index contributed by atoms with van der Waals surface area (Å²) in [5, 5.41) is 9.34. The molecule has 2 atom stereocenters. The number of nitrogens with zero attached hydrogens (tertiary/aromatic N) is 6. The summed E-state index contributed by atoms with van der Waals surface area (Å²) in [5.74, 6) is -0.921. The molecule has 0 N–H and O–H groups in total. The van der Waals surface area contributed by atoms with Crippen LogP contribution in [-0.4, -0.2) is 72.4 Å². The summed E-state index contributed by atoms with van der Waals surface area (Å²) < 4.78 is 0. The molecule has 0 aliphatic carbocycles. The van der Waals surface area contributed by atoms with Crippen LogP contribution < -0.4 is 9.80 Å². The van der Waals surface area contributed by atoms with Crippen molar-refractivity contribution in [1.29, 1.82) is 0 Å². The van der Waals surface area contributed by atoms with Gasteiger partial charge in [-0.2, -0.15) is 5.11 Å². The summed E-state index contributed by atoms with van der Waals surface area (Å²) >= 11 is 0. The van der Waals surface area contributed by atoms with E-state index in [1.165, 1.54) is 5.01 Å². The van der Waals surface area contributed by atoms with Crippen molar-refractivity contribution >= 4 is 29.1 Å². The molecular formula is C22H22N6O3. The van der Waals surface area contributed by atoms with E-state index < -0.39 is 23.9 Å². The first kappa shape index (κ1) is 19.2. The molecule has 0 aromatic heterocycles. The van der Waals surface area contributed by atoms with E-state index >= 15 is 0 Å². The largest absolute Gasteiger partial charge is 0.368 e. The fraction of sp³-hybridized carbons (Fsp3) is 0.318. The number of carbonyl (C=O) groups is 3. The Bertz CT molecular complexity index is 1020. The lowest BCUT2D eigenvalue weighted by Gasteiger charge is -2.36. The number of para-hydroxylation sites is 2. The van der Waals surface area contributed by atoms with E-state index in [1.807, 2.05) is 24.3 Å². The lowest BCUT2D eigenvalue weighted by Crippen LogP contribution is -2.52. The lowest BCUT2D eigenvalue weighted by atomic mass is 10.1. The Labute approximate surface area is 179 Å². The topological polar surface area (TPSA) is 88.9 Å². The van der Waals surface area contributed by atoms with Gasteiger partial charge in [-0.3, -0.25) is 19.4 Å². The fourth-order valence-corrected chi connectivity index (χ4v) is 4.28. The Kier molecular flexibility index (Phi) is 4.85.